The summed E-state index contributed by atoms with van der Waals surface area (Å²) < 4.78 is 5.53. The number of nitrogens with zero attached hydrogens (tertiary/aromatic N) is 5. The molecule has 0 bridgehead atoms. The lowest BCUT2D eigenvalue weighted by molar-refractivity contribution is 0.190. The molecule has 0 aliphatic carbocycles. The van der Waals surface area contributed by atoms with Crippen molar-refractivity contribution in [3.63, 3.8) is 0 Å². The second kappa shape index (κ2) is 9.01. The van der Waals surface area contributed by atoms with Crippen molar-refractivity contribution < 1.29 is 4.52 Å². The van der Waals surface area contributed by atoms with Gasteiger partial charge in [-0.2, -0.15) is 4.98 Å². The summed E-state index contributed by atoms with van der Waals surface area (Å²) in [5.41, 5.74) is 2.24. The monoisotopic (exact) mass is 392 g/mol. The summed E-state index contributed by atoms with van der Waals surface area (Å²) in [6, 6.07) is 8.67. The quantitative estimate of drug-likeness (QED) is 0.852. The van der Waals surface area contributed by atoms with Crippen LogP contribution in [0.5, 0.6) is 0 Å². The van der Waals surface area contributed by atoms with Crippen LogP contribution in [0.4, 0.5) is 5.69 Å². The molecule has 3 heterocycles. The zero-order chi connectivity index (χ0) is 17.9. The fraction of sp³-hybridized carbons (Fsp3) is 0.579. The highest BCUT2D eigenvalue weighted by atomic mass is 35.5. The molecule has 0 saturated carbocycles. The molecule has 0 radical (unpaired) electrons. The zero-order valence-electron chi connectivity index (χ0n) is 16.1. The van der Waals surface area contributed by atoms with E-state index < -0.39 is 0 Å². The van der Waals surface area contributed by atoms with Crippen LogP contribution in [0.3, 0.4) is 0 Å². The van der Waals surface area contributed by atoms with Gasteiger partial charge in [0.25, 0.3) is 5.89 Å². The highest BCUT2D eigenvalue weighted by Crippen LogP contribution is 2.25. The van der Waals surface area contributed by atoms with Gasteiger partial charge >= 0.3 is 0 Å². The van der Waals surface area contributed by atoms with E-state index in [2.05, 4.69) is 68.4 Å². The Morgan fingerprint density at radius 1 is 1.11 bits per heavy atom. The van der Waals surface area contributed by atoms with Crippen LogP contribution in [-0.4, -0.2) is 79.3 Å². The number of rotatable bonds is 4. The maximum Gasteiger partial charge on any atom is 0.257 e. The fourth-order valence-corrected chi connectivity index (χ4v) is 3.72. The number of likely N-dealkylation sites (N-methyl/N-ethyl adjacent to an activating group) is 2. The molecule has 27 heavy (non-hydrogen) atoms. The van der Waals surface area contributed by atoms with Crippen LogP contribution in [0.2, 0.25) is 0 Å². The van der Waals surface area contributed by atoms with Crippen molar-refractivity contribution in [2.75, 3.05) is 64.3 Å². The van der Waals surface area contributed by atoms with Crippen LogP contribution >= 0.6 is 12.4 Å². The van der Waals surface area contributed by atoms with Crippen molar-refractivity contribution in [1.29, 1.82) is 0 Å². The van der Waals surface area contributed by atoms with E-state index >= 15 is 0 Å². The largest absolute Gasteiger partial charge is 0.369 e. The third-order valence-electron chi connectivity index (χ3n) is 5.55. The van der Waals surface area contributed by atoms with E-state index in [0.29, 0.717) is 5.89 Å². The molecule has 2 aromatic rings. The Morgan fingerprint density at radius 2 is 1.85 bits per heavy atom. The summed E-state index contributed by atoms with van der Waals surface area (Å²) >= 11 is 0. The van der Waals surface area contributed by atoms with Gasteiger partial charge in [-0.25, -0.2) is 0 Å². The second-order valence-electron chi connectivity index (χ2n) is 7.13. The predicted molar refractivity (Wildman–Crippen MR) is 110 cm³/mol. The minimum Gasteiger partial charge on any atom is -0.369 e. The summed E-state index contributed by atoms with van der Waals surface area (Å²) in [5, 5.41) is 7.60. The zero-order valence-corrected chi connectivity index (χ0v) is 16.9. The second-order valence-corrected chi connectivity index (χ2v) is 7.13. The van der Waals surface area contributed by atoms with Crippen molar-refractivity contribution in [2.24, 2.45) is 0 Å². The number of benzene rings is 1. The van der Waals surface area contributed by atoms with E-state index in [4.69, 9.17) is 4.52 Å². The number of aromatic nitrogens is 2. The molecule has 1 N–H and O–H groups in total. The van der Waals surface area contributed by atoms with Crippen molar-refractivity contribution in [2.45, 2.75) is 13.0 Å². The maximum atomic E-state index is 5.53. The molecule has 1 aromatic carbocycles. The highest BCUT2D eigenvalue weighted by molar-refractivity contribution is 5.85. The molecular weight excluding hydrogens is 364 g/mol. The van der Waals surface area contributed by atoms with Crippen molar-refractivity contribution in [1.82, 2.24) is 25.3 Å². The summed E-state index contributed by atoms with van der Waals surface area (Å²) in [6.45, 7) is 10.7. The van der Waals surface area contributed by atoms with Crippen molar-refractivity contribution in [3.8, 4) is 11.5 Å². The first-order chi connectivity index (χ1) is 12.7. The van der Waals surface area contributed by atoms with Crippen LogP contribution in [0.15, 0.2) is 28.8 Å². The summed E-state index contributed by atoms with van der Waals surface area (Å²) in [4.78, 5) is 11.8. The Bertz CT molecular complexity index is 713. The molecule has 2 saturated heterocycles. The number of halogens is 1. The highest BCUT2D eigenvalue weighted by Gasteiger charge is 2.25. The lowest BCUT2D eigenvalue weighted by Gasteiger charge is -2.35. The van der Waals surface area contributed by atoms with Gasteiger partial charge in [0.15, 0.2) is 5.82 Å². The van der Waals surface area contributed by atoms with Gasteiger partial charge in [0, 0.05) is 57.1 Å². The fourth-order valence-electron chi connectivity index (χ4n) is 3.72. The SMILES string of the molecule is CCN1CCN(c2ccc(-c3nc(C4CNCCN4C)no3)cc2)CC1.Cl. The smallest absolute Gasteiger partial charge is 0.257 e. The summed E-state index contributed by atoms with van der Waals surface area (Å²) in [7, 11) is 2.11. The van der Waals surface area contributed by atoms with E-state index in [1.807, 2.05) is 0 Å². The first-order valence-electron chi connectivity index (χ1n) is 9.57. The first-order valence-corrected chi connectivity index (χ1v) is 9.57. The van der Waals surface area contributed by atoms with Crippen LogP contribution in [0.25, 0.3) is 11.5 Å². The standard InChI is InChI=1S/C19H28N6O.ClH/c1-3-24-10-12-25(13-11-24)16-6-4-15(5-7-16)19-21-18(22-26-19)17-14-20-8-9-23(17)2;/h4-7,17,20H,3,8-14H2,1-2H3;1H. The molecule has 1 unspecified atom stereocenters. The Labute approximate surface area is 167 Å². The number of nitrogens with one attached hydrogen (secondary N) is 1. The molecular formula is C19H29ClN6O. The average molecular weight is 393 g/mol. The molecule has 8 heteroatoms. The molecule has 2 fully saturated rings. The third kappa shape index (κ3) is 4.43. The average Bonchev–Trinajstić information content (AvgIpc) is 3.18. The molecule has 0 amide bonds. The van der Waals surface area contributed by atoms with E-state index in [0.717, 1.165) is 63.7 Å². The molecule has 0 spiro atoms. The molecule has 148 valence electrons. The van der Waals surface area contributed by atoms with Gasteiger partial charge in [0.2, 0.25) is 0 Å². The van der Waals surface area contributed by atoms with E-state index in [1.165, 1.54) is 5.69 Å². The van der Waals surface area contributed by atoms with Gasteiger partial charge in [0.05, 0.1) is 6.04 Å². The van der Waals surface area contributed by atoms with E-state index in [9.17, 15) is 0 Å². The Hall–Kier alpha value is -1.67. The summed E-state index contributed by atoms with van der Waals surface area (Å²) in [5.74, 6) is 1.36. The Balaban J connectivity index is 0.00000210. The third-order valence-corrected chi connectivity index (χ3v) is 5.55. The van der Waals surface area contributed by atoms with Crippen LogP contribution in [0, 0.1) is 0 Å². The van der Waals surface area contributed by atoms with E-state index in [-0.39, 0.29) is 18.4 Å². The number of hydrogen-bond acceptors (Lipinski definition) is 7. The molecule has 2 aliphatic rings. The normalized spacial score (nSPS) is 21.9. The minimum absolute atomic E-state index is 0. The number of hydrogen-bond donors (Lipinski definition) is 1. The van der Waals surface area contributed by atoms with Crippen LogP contribution in [0.1, 0.15) is 18.8 Å². The maximum absolute atomic E-state index is 5.53. The van der Waals surface area contributed by atoms with Gasteiger partial charge in [-0.1, -0.05) is 12.1 Å². The van der Waals surface area contributed by atoms with Gasteiger partial charge in [0.1, 0.15) is 0 Å². The van der Waals surface area contributed by atoms with Crippen LogP contribution < -0.4 is 10.2 Å². The Kier molecular flexibility index (Phi) is 6.70. The number of piperazine rings is 2. The first kappa shape index (κ1) is 20.1. The topological polar surface area (TPSA) is 60.7 Å². The molecule has 1 aromatic heterocycles. The van der Waals surface area contributed by atoms with Gasteiger partial charge < -0.3 is 19.6 Å². The minimum atomic E-state index is 0. The predicted octanol–water partition coefficient (Wildman–Crippen LogP) is 1.88. The number of anilines is 1. The van der Waals surface area contributed by atoms with E-state index in [1.54, 1.807) is 0 Å². The Morgan fingerprint density at radius 3 is 2.52 bits per heavy atom. The molecule has 4 rings (SSSR count). The molecule has 2 aliphatic heterocycles. The van der Waals surface area contributed by atoms with Crippen LogP contribution in [-0.2, 0) is 0 Å². The lowest BCUT2D eigenvalue weighted by Crippen LogP contribution is -2.46. The van der Waals surface area contributed by atoms with Gasteiger partial charge in [-0.05, 0) is 37.9 Å². The van der Waals surface area contributed by atoms with Gasteiger partial charge in [-0.15, -0.1) is 12.4 Å². The molecule has 7 nitrogen and oxygen atoms in total. The lowest BCUT2D eigenvalue weighted by atomic mass is 10.1. The summed E-state index contributed by atoms with van der Waals surface area (Å²) in [6.07, 6.45) is 0. The molecule has 1 atom stereocenters. The van der Waals surface area contributed by atoms with Gasteiger partial charge in [-0.3, -0.25) is 4.90 Å². The van der Waals surface area contributed by atoms with Crippen molar-refractivity contribution in [3.05, 3.63) is 30.1 Å². The van der Waals surface area contributed by atoms with Crippen molar-refractivity contribution >= 4 is 18.1 Å².